The molecule has 0 aliphatic rings. The second-order valence-electron chi connectivity index (χ2n) is 2.40. The monoisotopic (exact) mass is 179 g/mol. The Morgan fingerprint density at radius 3 is 3.08 bits per heavy atom. The van der Waals surface area contributed by atoms with E-state index in [2.05, 4.69) is 42.4 Å². The Hall–Kier alpha value is -0.890. The Balaban J connectivity index is 2.65. The number of benzene rings is 1. The molecule has 1 rings (SSSR count). The first-order chi connectivity index (χ1) is 5.86. The van der Waals surface area contributed by atoms with E-state index >= 15 is 0 Å². The molecule has 0 amide bonds. The zero-order valence-corrected chi connectivity index (χ0v) is 8.03. The summed E-state index contributed by atoms with van der Waals surface area (Å²) in [6.07, 6.45) is 3.93. The van der Waals surface area contributed by atoms with Gasteiger partial charge in [0, 0.05) is 17.1 Å². The van der Waals surface area contributed by atoms with Crippen LogP contribution in [0, 0.1) is 0 Å². The molecule has 0 saturated heterocycles. The Morgan fingerprint density at radius 1 is 1.58 bits per heavy atom. The Bertz CT molecular complexity index is 258. The molecule has 0 aliphatic heterocycles. The molecular weight excluding hydrogens is 166 g/mol. The van der Waals surface area contributed by atoms with E-state index in [1.165, 1.54) is 4.90 Å². The lowest BCUT2D eigenvalue weighted by Crippen LogP contribution is -1.96. The molecule has 1 aromatic carbocycles. The van der Waals surface area contributed by atoms with E-state index in [9.17, 15) is 0 Å². The van der Waals surface area contributed by atoms with Crippen LogP contribution in [0.2, 0.25) is 0 Å². The molecule has 0 saturated carbocycles. The van der Waals surface area contributed by atoms with Crippen LogP contribution in [0.3, 0.4) is 0 Å². The summed E-state index contributed by atoms with van der Waals surface area (Å²) in [6.45, 7) is 4.47. The first-order valence-electron chi connectivity index (χ1n) is 3.85. The van der Waals surface area contributed by atoms with Crippen molar-refractivity contribution in [2.24, 2.45) is 0 Å². The molecule has 64 valence electrons. The van der Waals surface area contributed by atoms with E-state index in [4.69, 9.17) is 0 Å². The summed E-state index contributed by atoms with van der Waals surface area (Å²) in [5.74, 6) is 0. The van der Waals surface area contributed by atoms with Gasteiger partial charge in [-0.05, 0) is 24.5 Å². The average molecular weight is 179 g/mol. The second kappa shape index (κ2) is 4.88. The summed E-state index contributed by atoms with van der Waals surface area (Å²) in [5, 5.41) is 3.24. The van der Waals surface area contributed by atoms with Crippen molar-refractivity contribution >= 4 is 17.4 Å². The molecule has 0 atom stereocenters. The van der Waals surface area contributed by atoms with Gasteiger partial charge in [0.15, 0.2) is 0 Å². The summed E-state index contributed by atoms with van der Waals surface area (Å²) in [5.41, 5.74) is 1.15. The fraction of sp³-hybridized carbons (Fsp3) is 0.200. The Morgan fingerprint density at radius 2 is 2.42 bits per heavy atom. The third-order valence-electron chi connectivity index (χ3n) is 1.52. The quantitative estimate of drug-likeness (QED) is 0.563. The van der Waals surface area contributed by atoms with Crippen molar-refractivity contribution in [2.45, 2.75) is 4.90 Å². The van der Waals surface area contributed by atoms with E-state index < -0.39 is 0 Å². The Kier molecular flexibility index (Phi) is 3.74. The lowest BCUT2D eigenvalue weighted by Gasteiger charge is -2.03. The van der Waals surface area contributed by atoms with Gasteiger partial charge in [-0.3, -0.25) is 0 Å². The zero-order valence-electron chi connectivity index (χ0n) is 7.21. The van der Waals surface area contributed by atoms with Gasteiger partial charge >= 0.3 is 0 Å². The van der Waals surface area contributed by atoms with Crippen molar-refractivity contribution in [3.63, 3.8) is 0 Å². The van der Waals surface area contributed by atoms with Gasteiger partial charge in [-0.1, -0.05) is 12.1 Å². The predicted octanol–water partition coefficient (Wildman–Crippen LogP) is 3.01. The van der Waals surface area contributed by atoms with Crippen LogP contribution in [-0.2, 0) is 0 Å². The number of nitrogens with one attached hydrogen (secondary N) is 1. The first kappa shape index (κ1) is 9.20. The summed E-state index contributed by atoms with van der Waals surface area (Å²) in [6, 6.07) is 8.35. The van der Waals surface area contributed by atoms with Crippen LogP contribution in [0.25, 0.3) is 0 Å². The molecule has 0 heterocycles. The number of hydrogen-bond donors (Lipinski definition) is 1. The van der Waals surface area contributed by atoms with Crippen LogP contribution in [0.15, 0.2) is 41.8 Å². The van der Waals surface area contributed by atoms with Crippen molar-refractivity contribution in [1.82, 2.24) is 0 Å². The third kappa shape index (κ3) is 2.62. The predicted molar refractivity (Wildman–Crippen MR) is 56.9 cm³/mol. The lowest BCUT2D eigenvalue weighted by molar-refractivity contribution is 1.32. The van der Waals surface area contributed by atoms with E-state index in [0.717, 1.165) is 12.2 Å². The van der Waals surface area contributed by atoms with Crippen molar-refractivity contribution < 1.29 is 0 Å². The van der Waals surface area contributed by atoms with Gasteiger partial charge in [0.05, 0.1) is 0 Å². The standard InChI is InChI=1S/C10H13NS/c1-3-7-11-9-5-4-6-10(8-9)12-2/h3-6,8,11H,1,7H2,2H3. The molecule has 1 aromatic rings. The van der Waals surface area contributed by atoms with Gasteiger partial charge in [0.1, 0.15) is 0 Å². The van der Waals surface area contributed by atoms with Gasteiger partial charge in [0.2, 0.25) is 0 Å². The van der Waals surface area contributed by atoms with E-state index in [1.54, 1.807) is 11.8 Å². The van der Waals surface area contributed by atoms with Gasteiger partial charge in [-0.25, -0.2) is 0 Å². The highest BCUT2D eigenvalue weighted by atomic mass is 32.2. The smallest absolute Gasteiger partial charge is 0.0353 e. The maximum Gasteiger partial charge on any atom is 0.0353 e. The van der Waals surface area contributed by atoms with Crippen LogP contribution in [0.4, 0.5) is 5.69 Å². The molecular formula is C10H13NS. The van der Waals surface area contributed by atoms with Crippen LogP contribution in [0.5, 0.6) is 0 Å². The third-order valence-corrected chi connectivity index (χ3v) is 2.25. The minimum Gasteiger partial charge on any atom is -0.382 e. The molecule has 0 bridgehead atoms. The maximum atomic E-state index is 3.65. The molecule has 0 radical (unpaired) electrons. The average Bonchev–Trinajstić information content (AvgIpc) is 2.15. The summed E-state index contributed by atoms with van der Waals surface area (Å²) < 4.78 is 0. The highest BCUT2D eigenvalue weighted by molar-refractivity contribution is 7.98. The van der Waals surface area contributed by atoms with Crippen LogP contribution in [-0.4, -0.2) is 12.8 Å². The molecule has 0 spiro atoms. The highest BCUT2D eigenvalue weighted by Crippen LogP contribution is 2.18. The molecule has 2 heteroatoms. The molecule has 1 N–H and O–H groups in total. The molecule has 0 aromatic heterocycles. The summed E-state index contributed by atoms with van der Waals surface area (Å²) >= 11 is 1.75. The molecule has 0 aliphatic carbocycles. The van der Waals surface area contributed by atoms with E-state index in [0.29, 0.717) is 0 Å². The number of anilines is 1. The van der Waals surface area contributed by atoms with Crippen molar-refractivity contribution in [1.29, 1.82) is 0 Å². The van der Waals surface area contributed by atoms with E-state index in [-0.39, 0.29) is 0 Å². The minimum absolute atomic E-state index is 0.817. The van der Waals surface area contributed by atoms with Crippen LogP contribution in [0.1, 0.15) is 0 Å². The summed E-state index contributed by atoms with van der Waals surface area (Å²) in [4.78, 5) is 1.28. The fourth-order valence-corrected chi connectivity index (χ4v) is 1.38. The largest absolute Gasteiger partial charge is 0.382 e. The van der Waals surface area contributed by atoms with Crippen molar-refractivity contribution in [3.8, 4) is 0 Å². The van der Waals surface area contributed by atoms with Crippen molar-refractivity contribution in [3.05, 3.63) is 36.9 Å². The highest BCUT2D eigenvalue weighted by Gasteiger charge is 1.91. The molecule has 0 fully saturated rings. The summed E-state index contributed by atoms with van der Waals surface area (Å²) in [7, 11) is 0. The van der Waals surface area contributed by atoms with Crippen LogP contribution >= 0.6 is 11.8 Å². The van der Waals surface area contributed by atoms with E-state index in [1.807, 2.05) is 6.08 Å². The fourth-order valence-electron chi connectivity index (χ4n) is 0.923. The topological polar surface area (TPSA) is 12.0 Å². The van der Waals surface area contributed by atoms with Crippen LogP contribution < -0.4 is 5.32 Å². The second-order valence-corrected chi connectivity index (χ2v) is 3.28. The molecule has 12 heavy (non-hydrogen) atoms. The molecule has 0 unspecified atom stereocenters. The van der Waals surface area contributed by atoms with Gasteiger partial charge < -0.3 is 5.32 Å². The number of thioether (sulfide) groups is 1. The maximum absolute atomic E-state index is 3.65. The minimum atomic E-state index is 0.817. The lowest BCUT2D eigenvalue weighted by atomic mass is 10.3. The number of rotatable bonds is 4. The van der Waals surface area contributed by atoms with Gasteiger partial charge in [-0.15, -0.1) is 18.3 Å². The molecule has 1 nitrogen and oxygen atoms in total. The zero-order chi connectivity index (χ0) is 8.81. The van der Waals surface area contributed by atoms with Crippen molar-refractivity contribution in [2.75, 3.05) is 18.1 Å². The van der Waals surface area contributed by atoms with Gasteiger partial charge in [-0.2, -0.15) is 0 Å². The number of hydrogen-bond acceptors (Lipinski definition) is 2. The Labute approximate surface area is 77.9 Å². The first-order valence-corrected chi connectivity index (χ1v) is 5.08. The van der Waals surface area contributed by atoms with Gasteiger partial charge in [0.25, 0.3) is 0 Å². The normalized spacial score (nSPS) is 9.42. The SMILES string of the molecule is C=CCNc1cccc(SC)c1.